The van der Waals surface area contributed by atoms with Gasteiger partial charge in [0.1, 0.15) is 16.7 Å². The number of rotatable bonds is 3. The number of aliphatic hydroxyl groups is 1. The number of amides is 1. The molecule has 2 atom stereocenters. The lowest BCUT2D eigenvalue weighted by Gasteiger charge is -2.43. The molecular weight excluding hydrogens is 530 g/mol. The average Bonchev–Trinajstić information content (AvgIpc) is 3.37. The molecule has 3 aliphatic rings. The molecule has 1 spiro atoms. The third-order valence-electron chi connectivity index (χ3n) is 8.23. The van der Waals surface area contributed by atoms with Crippen molar-refractivity contribution in [3.8, 4) is 16.9 Å². The molecule has 1 amide bonds. The Morgan fingerprint density at radius 2 is 1.80 bits per heavy atom. The second-order valence-corrected chi connectivity index (χ2v) is 12.7. The second-order valence-electron chi connectivity index (χ2n) is 10.9. The minimum absolute atomic E-state index is 0.00530. The van der Waals surface area contributed by atoms with E-state index in [1.54, 1.807) is 30.7 Å². The molecule has 0 bridgehead atoms. The summed E-state index contributed by atoms with van der Waals surface area (Å²) in [6.07, 6.45) is 8.08. The van der Waals surface area contributed by atoms with Crippen molar-refractivity contribution in [2.24, 2.45) is 0 Å². The average molecular weight is 564 g/mol. The van der Waals surface area contributed by atoms with E-state index in [0.29, 0.717) is 19.3 Å². The Balaban J connectivity index is 1.31. The summed E-state index contributed by atoms with van der Waals surface area (Å²) in [4.78, 5) is 24.4. The fraction of sp³-hybridized carbons (Fsp3) is 0.414. The lowest BCUT2D eigenvalue weighted by molar-refractivity contribution is -0.127. The van der Waals surface area contributed by atoms with Gasteiger partial charge < -0.3 is 15.2 Å². The lowest BCUT2D eigenvalue weighted by Crippen LogP contribution is -2.59. The first-order valence-corrected chi connectivity index (χ1v) is 15.1. The van der Waals surface area contributed by atoms with Crippen LogP contribution in [0.3, 0.4) is 0 Å². The molecule has 11 heteroatoms. The maximum absolute atomic E-state index is 13.9. The predicted octanol–water partition coefficient (Wildman–Crippen LogP) is 2.20. The Morgan fingerprint density at radius 1 is 1.02 bits per heavy atom. The number of aliphatic hydroxyl groups excluding tert-OH is 1. The minimum atomic E-state index is -4.13. The van der Waals surface area contributed by atoms with Crippen LogP contribution in [0, 0.1) is 0 Å². The van der Waals surface area contributed by atoms with Gasteiger partial charge in [-0.15, -0.1) is 0 Å². The predicted molar refractivity (Wildman–Crippen MR) is 148 cm³/mol. The van der Waals surface area contributed by atoms with Gasteiger partial charge in [-0.3, -0.25) is 19.7 Å². The van der Waals surface area contributed by atoms with E-state index < -0.39 is 27.7 Å². The summed E-state index contributed by atoms with van der Waals surface area (Å²) in [5.41, 5.74) is 2.21. The van der Waals surface area contributed by atoms with Crippen molar-refractivity contribution in [2.45, 2.75) is 54.8 Å². The first-order chi connectivity index (χ1) is 19.3. The van der Waals surface area contributed by atoms with Crippen LogP contribution in [0.15, 0.2) is 72.1 Å². The SMILES string of the molecule is O=C1NC2(CCOc3cc(-c4cccnc4)ccc3S(=O)(=O)N3C[C@H](O)C[C@@H]13)CCN(Cc1cccnc1)CC2. The number of hydrogen-bond donors (Lipinski definition) is 2. The van der Waals surface area contributed by atoms with Crippen LogP contribution in [0.1, 0.15) is 31.2 Å². The first kappa shape index (κ1) is 26.8. The van der Waals surface area contributed by atoms with E-state index in [1.807, 2.05) is 24.4 Å². The van der Waals surface area contributed by atoms with Crippen LogP contribution in [-0.4, -0.2) is 82.5 Å². The van der Waals surface area contributed by atoms with Crippen LogP contribution in [0.5, 0.6) is 5.75 Å². The van der Waals surface area contributed by atoms with Crippen molar-refractivity contribution in [3.05, 3.63) is 72.8 Å². The molecule has 0 radical (unpaired) electrons. The number of likely N-dealkylation sites (tertiary alicyclic amines) is 1. The van der Waals surface area contributed by atoms with E-state index in [0.717, 1.165) is 40.6 Å². The molecule has 2 saturated heterocycles. The largest absolute Gasteiger partial charge is 0.492 e. The van der Waals surface area contributed by atoms with Gasteiger partial charge in [0.15, 0.2) is 0 Å². The number of sulfonamides is 1. The molecule has 2 fully saturated rings. The summed E-state index contributed by atoms with van der Waals surface area (Å²) in [5, 5.41) is 13.7. The van der Waals surface area contributed by atoms with Crippen molar-refractivity contribution < 1.29 is 23.1 Å². The topological polar surface area (TPSA) is 125 Å². The Morgan fingerprint density at radius 3 is 2.52 bits per heavy atom. The lowest BCUT2D eigenvalue weighted by atomic mass is 9.84. The number of benzene rings is 1. The highest BCUT2D eigenvalue weighted by molar-refractivity contribution is 7.89. The molecule has 2 aromatic heterocycles. The number of nitrogens with one attached hydrogen (secondary N) is 1. The highest BCUT2D eigenvalue weighted by atomic mass is 32.2. The van der Waals surface area contributed by atoms with Gasteiger partial charge in [0.2, 0.25) is 15.9 Å². The number of fused-ring (bicyclic) bond motifs is 2. The molecule has 3 aliphatic heterocycles. The van der Waals surface area contributed by atoms with Crippen LogP contribution in [0.25, 0.3) is 11.1 Å². The van der Waals surface area contributed by atoms with Crippen LogP contribution >= 0.6 is 0 Å². The molecule has 0 aliphatic carbocycles. The van der Waals surface area contributed by atoms with E-state index in [9.17, 15) is 18.3 Å². The molecule has 0 saturated carbocycles. The number of piperidine rings is 1. The van der Waals surface area contributed by atoms with E-state index in [1.165, 1.54) is 6.07 Å². The van der Waals surface area contributed by atoms with Crippen molar-refractivity contribution in [1.82, 2.24) is 24.5 Å². The van der Waals surface area contributed by atoms with Crippen LogP contribution in [0.4, 0.5) is 0 Å². The third-order valence-corrected chi connectivity index (χ3v) is 10.1. The number of pyridine rings is 2. The maximum atomic E-state index is 13.9. The summed E-state index contributed by atoms with van der Waals surface area (Å²) in [6, 6.07) is 11.7. The molecule has 3 aromatic rings. The van der Waals surface area contributed by atoms with E-state index in [-0.39, 0.29) is 36.1 Å². The minimum Gasteiger partial charge on any atom is -0.492 e. The Bertz CT molecular complexity index is 1460. The Hall–Kier alpha value is -3.38. The Labute approximate surface area is 234 Å². The van der Waals surface area contributed by atoms with Gasteiger partial charge >= 0.3 is 0 Å². The number of carbonyl (C=O) groups excluding carboxylic acids is 1. The fourth-order valence-electron chi connectivity index (χ4n) is 5.99. The fourth-order valence-corrected chi connectivity index (χ4v) is 7.74. The normalized spacial score (nSPS) is 24.8. The molecule has 0 unspecified atom stereocenters. The van der Waals surface area contributed by atoms with Crippen molar-refractivity contribution >= 4 is 15.9 Å². The molecule has 40 heavy (non-hydrogen) atoms. The molecule has 10 nitrogen and oxygen atoms in total. The molecular formula is C29H33N5O5S. The zero-order valence-corrected chi connectivity index (χ0v) is 23.0. The van der Waals surface area contributed by atoms with Crippen molar-refractivity contribution in [1.29, 1.82) is 0 Å². The van der Waals surface area contributed by atoms with Gasteiger partial charge in [-0.2, -0.15) is 4.31 Å². The first-order valence-electron chi connectivity index (χ1n) is 13.6. The number of nitrogens with zero attached hydrogens (tertiary/aromatic N) is 4. The highest BCUT2D eigenvalue weighted by Gasteiger charge is 2.47. The maximum Gasteiger partial charge on any atom is 0.247 e. The van der Waals surface area contributed by atoms with Gasteiger partial charge in [0.05, 0.1) is 12.7 Å². The van der Waals surface area contributed by atoms with Gasteiger partial charge in [-0.1, -0.05) is 18.2 Å². The summed E-state index contributed by atoms with van der Waals surface area (Å²) in [7, 11) is -4.13. The third kappa shape index (κ3) is 5.34. The zero-order valence-electron chi connectivity index (χ0n) is 22.1. The van der Waals surface area contributed by atoms with Crippen LogP contribution in [0.2, 0.25) is 0 Å². The van der Waals surface area contributed by atoms with E-state index in [2.05, 4.69) is 26.3 Å². The smallest absolute Gasteiger partial charge is 0.247 e. The van der Waals surface area contributed by atoms with E-state index in [4.69, 9.17) is 4.74 Å². The summed E-state index contributed by atoms with van der Waals surface area (Å²) < 4.78 is 35.1. The summed E-state index contributed by atoms with van der Waals surface area (Å²) in [5.74, 6) is -0.128. The van der Waals surface area contributed by atoms with Crippen molar-refractivity contribution in [3.63, 3.8) is 0 Å². The molecule has 210 valence electrons. The monoisotopic (exact) mass is 563 g/mol. The molecule has 1 aromatic carbocycles. The standard InChI is InChI=1S/C29H33N5O5S/c35-24-16-25-28(36)32-29(7-12-33(13-8-29)19-21-3-1-10-30-17-21)9-14-39-26-15-22(23-4-2-11-31-18-23)5-6-27(26)40(37,38)34(25)20-24/h1-6,10-11,15,17-18,24-25,35H,7-9,12-14,16,19-20H2,(H,32,36)/t24-,25+/m1/s1. The zero-order chi connectivity index (χ0) is 27.7. The molecule has 2 N–H and O–H groups in total. The van der Waals surface area contributed by atoms with Gasteiger partial charge in [0, 0.05) is 74.9 Å². The quantitative estimate of drug-likeness (QED) is 0.497. The van der Waals surface area contributed by atoms with E-state index >= 15 is 0 Å². The van der Waals surface area contributed by atoms with Gasteiger partial charge in [0.25, 0.3) is 0 Å². The number of aromatic nitrogens is 2. The number of hydrogen-bond acceptors (Lipinski definition) is 8. The molecule has 5 heterocycles. The van der Waals surface area contributed by atoms with Crippen molar-refractivity contribution in [2.75, 3.05) is 26.2 Å². The van der Waals surface area contributed by atoms with Gasteiger partial charge in [-0.05, 0) is 48.2 Å². The molecule has 6 rings (SSSR count). The highest BCUT2D eigenvalue weighted by Crippen LogP contribution is 2.37. The van der Waals surface area contributed by atoms with Gasteiger partial charge in [-0.25, -0.2) is 8.42 Å². The second kappa shape index (κ2) is 10.9. The summed E-state index contributed by atoms with van der Waals surface area (Å²) in [6.45, 7) is 2.42. The van der Waals surface area contributed by atoms with Crippen LogP contribution < -0.4 is 10.1 Å². The Kier molecular flexibility index (Phi) is 7.30. The number of ether oxygens (including phenoxy) is 1. The summed E-state index contributed by atoms with van der Waals surface area (Å²) >= 11 is 0. The van der Waals surface area contributed by atoms with Crippen LogP contribution in [-0.2, 0) is 21.4 Å². The number of carbonyl (C=O) groups is 1.